The van der Waals surface area contributed by atoms with Crippen molar-refractivity contribution in [3.8, 4) is 5.75 Å². The molecule has 0 bridgehead atoms. The zero-order valence-electron chi connectivity index (χ0n) is 15.8. The second-order valence-electron chi connectivity index (χ2n) is 7.32. The number of pyridine rings is 1. The summed E-state index contributed by atoms with van der Waals surface area (Å²) in [6.45, 7) is 5.89. The van der Waals surface area contributed by atoms with Crippen LogP contribution in [-0.4, -0.2) is 16.6 Å². The van der Waals surface area contributed by atoms with Gasteiger partial charge in [-0.25, -0.2) is 4.98 Å². The molecule has 4 nitrogen and oxygen atoms in total. The molecule has 0 fully saturated rings. The fourth-order valence-corrected chi connectivity index (χ4v) is 3.20. The number of aromatic nitrogens is 2. The van der Waals surface area contributed by atoms with Gasteiger partial charge in [0.05, 0.1) is 18.3 Å². The number of para-hydroxylation sites is 1. The Morgan fingerprint density at radius 1 is 1.00 bits per heavy atom. The minimum Gasteiger partial charge on any atom is -0.494 e. The highest BCUT2D eigenvalue weighted by molar-refractivity contribution is 6.07. The molecule has 138 valence electrons. The van der Waals surface area contributed by atoms with Gasteiger partial charge in [-0.05, 0) is 42.2 Å². The Bertz CT molecular complexity index is 1050. The molecule has 2 heterocycles. The van der Waals surface area contributed by atoms with Gasteiger partial charge in [0.15, 0.2) is 0 Å². The number of ether oxygens (including phenoxy) is 1. The fraction of sp³-hybridized carbons (Fsp3) is 0.261. The smallest absolute Gasteiger partial charge is 0.126 e. The summed E-state index contributed by atoms with van der Waals surface area (Å²) in [7, 11) is 0. The van der Waals surface area contributed by atoms with Crippen molar-refractivity contribution in [1.29, 1.82) is 0 Å². The number of hydrogen-bond donors (Lipinski definition) is 2. The summed E-state index contributed by atoms with van der Waals surface area (Å²) in [6.07, 6.45) is 2.96. The Balaban J connectivity index is 1.46. The molecule has 27 heavy (non-hydrogen) atoms. The second kappa shape index (κ2) is 7.70. The number of H-pyrrole nitrogens is 1. The van der Waals surface area contributed by atoms with Crippen LogP contribution < -0.4 is 10.1 Å². The molecule has 0 aliphatic carbocycles. The normalized spacial score (nSPS) is 11.4. The summed E-state index contributed by atoms with van der Waals surface area (Å²) in [5.41, 5.74) is 3.37. The quantitative estimate of drug-likeness (QED) is 0.441. The molecule has 0 radical (unpaired) electrons. The molecular weight excluding hydrogens is 334 g/mol. The summed E-state index contributed by atoms with van der Waals surface area (Å²) in [5.74, 6) is 2.45. The predicted molar refractivity (Wildman–Crippen MR) is 112 cm³/mol. The van der Waals surface area contributed by atoms with E-state index in [1.165, 1.54) is 16.3 Å². The van der Waals surface area contributed by atoms with Gasteiger partial charge in [0.1, 0.15) is 11.6 Å². The lowest BCUT2D eigenvalue weighted by Gasteiger charge is -2.10. The molecule has 0 amide bonds. The Morgan fingerprint density at radius 3 is 2.78 bits per heavy atom. The highest BCUT2D eigenvalue weighted by atomic mass is 16.5. The first-order valence-electron chi connectivity index (χ1n) is 9.51. The Morgan fingerprint density at radius 2 is 1.89 bits per heavy atom. The largest absolute Gasteiger partial charge is 0.494 e. The van der Waals surface area contributed by atoms with E-state index in [0.29, 0.717) is 12.5 Å². The van der Waals surface area contributed by atoms with Crippen LogP contribution in [0.3, 0.4) is 0 Å². The van der Waals surface area contributed by atoms with Gasteiger partial charge in [-0.1, -0.05) is 44.2 Å². The van der Waals surface area contributed by atoms with Crippen molar-refractivity contribution < 1.29 is 4.74 Å². The molecule has 2 aromatic carbocycles. The molecule has 4 aromatic rings. The molecule has 0 spiro atoms. The average molecular weight is 359 g/mol. The van der Waals surface area contributed by atoms with Crippen LogP contribution in [0.5, 0.6) is 5.75 Å². The number of nitrogens with zero attached hydrogens (tertiary/aromatic N) is 1. The van der Waals surface area contributed by atoms with E-state index >= 15 is 0 Å². The maximum atomic E-state index is 5.86. The van der Waals surface area contributed by atoms with E-state index < -0.39 is 0 Å². The van der Waals surface area contributed by atoms with Gasteiger partial charge in [0.25, 0.3) is 0 Å². The lowest BCUT2D eigenvalue weighted by molar-refractivity contribution is 0.289. The maximum Gasteiger partial charge on any atom is 0.126 e. The summed E-state index contributed by atoms with van der Waals surface area (Å²) in [6, 6.07) is 18.7. The van der Waals surface area contributed by atoms with Crippen molar-refractivity contribution in [3.05, 3.63) is 66.4 Å². The first-order chi connectivity index (χ1) is 13.2. The summed E-state index contributed by atoms with van der Waals surface area (Å²) in [5, 5.41) is 5.84. The molecule has 0 atom stereocenters. The van der Waals surface area contributed by atoms with E-state index in [1.807, 2.05) is 24.4 Å². The Kier molecular flexibility index (Phi) is 4.97. The van der Waals surface area contributed by atoms with E-state index in [-0.39, 0.29) is 0 Å². The van der Waals surface area contributed by atoms with Crippen molar-refractivity contribution in [1.82, 2.24) is 9.97 Å². The lowest BCUT2D eigenvalue weighted by atomic mass is 10.1. The molecule has 0 aliphatic rings. The van der Waals surface area contributed by atoms with Crippen LogP contribution in [0, 0.1) is 5.92 Å². The molecule has 4 rings (SSSR count). The maximum absolute atomic E-state index is 5.86. The van der Waals surface area contributed by atoms with Crippen LogP contribution in [0.2, 0.25) is 0 Å². The molecule has 2 aromatic heterocycles. The topological polar surface area (TPSA) is 49.9 Å². The van der Waals surface area contributed by atoms with E-state index in [1.54, 1.807) is 0 Å². The third-order valence-electron chi connectivity index (χ3n) is 4.73. The highest BCUT2D eigenvalue weighted by Crippen LogP contribution is 2.26. The fourth-order valence-electron chi connectivity index (χ4n) is 3.20. The van der Waals surface area contributed by atoms with Gasteiger partial charge < -0.3 is 15.0 Å². The number of benzene rings is 2. The van der Waals surface area contributed by atoms with E-state index in [0.717, 1.165) is 35.6 Å². The van der Waals surface area contributed by atoms with Crippen molar-refractivity contribution >= 4 is 27.6 Å². The van der Waals surface area contributed by atoms with Gasteiger partial charge in [-0.2, -0.15) is 0 Å². The van der Waals surface area contributed by atoms with Crippen LogP contribution in [0.1, 0.15) is 25.8 Å². The number of aromatic amines is 1. The zero-order valence-corrected chi connectivity index (χ0v) is 15.8. The van der Waals surface area contributed by atoms with Crippen LogP contribution in [0.25, 0.3) is 21.8 Å². The summed E-state index contributed by atoms with van der Waals surface area (Å²) < 4.78 is 5.86. The minimum atomic E-state index is 0.653. The molecule has 0 unspecified atom stereocenters. The number of hydrogen-bond acceptors (Lipinski definition) is 3. The first-order valence-corrected chi connectivity index (χ1v) is 9.51. The molecule has 4 heteroatoms. The van der Waals surface area contributed by atoms with E-state index in [4.69, 9.17) is 4.74 Å². The van der Waals surface area contributed by atoms with Gasteiger partial charge in [0, 0.05) is 22.8 Å². The van der Waals surface area contributed by atoms with Gasteiger partial charge in [-0.15, -0.1) is 0 Å². The van der Waals surface area contributed by atoms with Gasteiger partial charge >= 0.3 is 0 Å². The van der Waals surface area contributed by atoms with Crippen molar-refractivity contribution in [2.24, 2.45) is 5.92 Å². The standard InChI is InChI=1S/C23H25N3O/c1-16(2)10-11-27-18-7-5-6-17(12-18)14-24-23-13-20-19-8-3-4-9-21(19)26-22(20)15-25-23/h3-9,12-13,15-16,26H,10-11,14H2,1-2H3,(H,24,25). The van der Waals surface area contributed by atoms with Crippen LogP contribution in [0.4, 0.5) is 5.82 Å². The van der Waals surface area contributed by atoms with Crippen LogP contribution >= 0.6 is 0 Å². The van der Waals surface area contributed by atoms with Crippen molar-refractivity contribution in [3.63, 3.8) is 0 Å². The van der Waals surface area contributed by atoms with Crippen molar-refractivity contribution in [2.45, 2.75) is 26.8 Å². The number of fused-ring (bicyclic) bond motifs is 3. The minimum absolute atomic E-state index is 0.653. The van der Waals surface area contributed by atoms with Gasteiger partial charge in [0.2, 0.25) is 0 Å². The number of rotatable bonds is 7. The molecule has 0 saturated carbocycles. The first kappa shape index (κ1) is 17.4. The third kappa shape index (κ3) is 4.05. The van der Waals surface area contributed by atoms with Crippen LogP contribution in [0.15, 0.2) is 60.8 Å². The highest BCUT2D eigenvalue weighted by Gasteiger charge is 2.06. The molecule has 0 aliphatic heterocycles. The molecule has 2 N–H and O–H groups in total. The molecule has 0 saturated heterocycles. The third-order valence-corrected chi connectivity index (χ3v) is 4.73. The summed E-state index contributed by atoms with van der Waals surface area (Å²) in [4.78, 5) is 7.94. The monoisotopic (exact) mass is 359 g/mol. The second-order valence-corrected chi connectivity index (χ2v) is 7.32. The number of anilines is 1. The van der Waals surface area contributed by atoms with E-state index in [9.17, 15) is 0 Å². The molecular formula is C23H25N3O. The Hall–Kier alpha value is -3.01. The number of nitrogens with one attached hydrogen (secondary N) is 2. The average Bonchev–Trinajstić information content (AvgIpc) is 3.04. The summed E-state index contributed by atoms with van der Waals surface area (Å²) >= 11 is 0. The van der Waals surface area contributed by atoms with Crippen molar-refractivity contribution in [2.75, 3.05) is 11.9 Å². The van der Waals surface area contributed by atoms with E-state index in [2.05, 4.69) is 65.5 Å². The zero-order chi connectivity index (χ0) is 18.6. The van der Waals surface area contributed by atoms with Crippen LogP contribution in [-0.2, 0) is 6.54 Å². The van der Waals surface area contributed by atoms with Gasteiger partial charge in [-0.3, -0.25) is 0 Å². The lowest BCUT2D eigenvalue weighted by Crippen LogP contribution is -2.03. The Labute approximate surface area is 159 Å². The predicted octanol–water partition coefficient (Wildman–Crippen LogP) is 5.75. The SMILES string of the molecule is CC(C)CCOc1cccc(CNc2cc3c(cn2)[nH]c2ccccc23)c1.